The summed E-state index contributed by atoms with van der Waals surface area (Å²) in [6.45, 7) is 21.7. The normalized spacial score (nSPS) is 27.8. The zero-order chi connectivity index (χ0) is 19.9. The summed E-state index contributed by atoms with van der Waals surface area (Å²) in [6, 6.07) is 0.634. The van der Waals surface area contributed by atoms with E-state index in [1.807, 2.05) is 0 Å². The molecule has 0 bridgehead atoms. The summed E-state index contributed by atoms with van der Waals surface area (Å²) in [4.78, 5) is 13.7. The fraction of sp³-hybridized carbons (Fsp3) is 0.900. The zero-order valence-corrected chi connectivity index (χ0v) is 20.4. The molecule has 0 saturated carbocycles. The SMILES string of the molecule is CC(C)[Si](O)(O[C@H]1CCN2C1C=C[C@H]2CO[Si](C)(C)C(C)(C)C)C(C)C. The Balaban J connectivity index is 1.99. The van der Waals surface area contributed by atoms with Gasteiger partial charge in [0.05, 0.1) is 24.8 Å². The van der Waals surface area contributed by atoms with Gasteiger partial charge >= 0.3 is 8.56 Å². The van der Waals surface area contributed by atoms with E-state index in [-0.39, 0.29) is 22.2 Å². The lowest BCUT2D eigenvalue weighted by atomic mass is 10.2. The monoisotopic (exact) mass is 399 g/mol. The van der Waals surface area contributed by atoms with Crippen LogP contribution in [-0.2, 0) is 8.85 Å². The summed E-state index contributed by atoms with van der Waals surface area (Å²) >= 11 is 0. The number of hydrogen-bond donors (Lipinski definition) is 1. The van der Waals surface area contributed by atoms with Crippen molar-refractivity contribution >= 4 is 16.9 Å². The molecule has 1 unspecified atom stereocenters. The van der Waals surface area contributed by atoms with Gasteiger partial charge in [-0.15, -0.1) is 0 Å². The van der Waals surface area contributed by atoms with Crippen molar-refractivity contribution in [2.75, 3.05) is 13.2 Å². The van der Waals surface area contributed by atoms with E-state index in [2.05, 4.69) is 78.6 Å². The molecule has 0 aliphatic carbocycles. The van der Waals surface area contributed by atoms with Crippen molar-refractivity contribution < 1.29 is 13.6 Å². The molecule has 0 amide bonds. The molecule has 2 heterocycles. The first-order chi connectivity index (χ1) is 11.8. The Hall–Kier alpha value is 0.0138. The zero-order valence-electron chi connectivity index (χ0n) is 18.4. The van der Waals surface area contributed by atoms with Crippen LogP contribution in [0, 0.1) is 0 Å². The molecule has 2 rings (SSSR count). The number of hydrogen-bond acceptors (Lipinski definition) is 4. The van der Waals surface area contributed by atoms with Crippen LogP contribution in [0.25, 0.3) is 0 Å². The third kappa shape index (κ3) is 4.36. The molecule has 4 nitrogen and oxygen atoms in total. The molecule has 0 radical (unpaired) electrons. The molecule has 1 fully saturated rings. The Labute approximate surface area is 163 Å². The first-order valence-corrected chi connectivity index (χ1v) is 15.2. The van der Waals surface area contributed by atoms with E-state index < -0.39 is 16.9 Å². The van der Waals surface area contributed by atoms with E-state index in [4.69, 9.17) is 8.85 Å². The number of fused-ring (bicyclic) bond motifs is 1. The molecule has 26 heavy (non-hydrogen) atoms. The lowest BCUT2D eigenvalue weighted by Gasteiger charge is -2.38. The topological polar surface area (TPSA) is 41.9 Å². The molecule has 0 aromatic heterocycles. The summed E-state index contributed by atoms with van der Waals surface area (Å²) in [5.41, 5.74) is 0.416. The maximum absolute atomic E-state index is 11.2. The third-order valence-corrected chi connectivity index (χ3v) is 15.3. The fourth-order valence-electron chi connectivity index (χ4n) is 3.76. The third-order valence-electron chi connectivity index (χ3n) is 6.81. The van der Waals surface area contributed by atoms with Crippen LogP contribution in [0.4, 0.5) is 0 Å². The van der Waals surface area contributed by atoms with Crippen molar-refractivity contribution in [3.8, 4) is 0 Å². The van der Waals surface area contributed by atoms with Gasteiger partial charge in [0.1, 0.15) is 0 Å². The van der Waals surface area contributed by atoms with Crippen LogP contribution in [0.15, 0.2) is 12.2 Å². The largest absolute Gasteiger partial charge is 0.415 e. The van der Waals surface area contributed by atoms with Crippen molar-refractivity contribution in [3.05, 3.63) is 12.2 Å². The van der Waals surface area contributed by atoms with Gasteiger partial charge in [0.15, 0.2) is 8.32 Å². The molecular formula is C20H41NO3Si2. The first kappa shape index (κ1) is 22.3. The minimum atomic E-state index is -2.71. The predicted octanol–water partition coefficient (Wildman–Crippen LogP) is 4.66. The standard InChI is InChI=1S/C20H41NO3Si2/c1-15(2)26(22,16(3)4)24-19-12-13-21-17(10-11-18(19)21)14-23-25(8,9)20(5,6)7/h10-11,15-19,22H,12-14H2,1-9H3/t17-,18?,19-/m0/s1. The van der Waals surface area contributed by atoms with Gasteiger partial charge in [0.25, 0.3) is 0 Å². The average molecular weight is 400 g/mol. The molecule has 1 N–H and O–H groups in total. The molecule has 2 aliphatic rings. The van der Waals surface area contributed by atoms with Gasteiger partial charge in [-0.2, -0.15) is 0 Å². The highest BCUT2D eigenvalue weighted by molar-refractivity contribution is 6.74. The summed E-state index contributed by atoms with van der Waals surface area (Å²) in [5.74, 6) is 0. The van der Waals surface area contributed by atoms with Gasteiger partial charge in [0, 0.05) is 6.54 Å². The van der Waals surface area contributed by atoms with Crippen LogP contribution in [0.1, 0.15) is 54.9 Å². The highest BCUT2D eigenvalue weighted by Gasteiger charge is 2.49. The number of rotatable bonds is 7. The van der Waals surface area contributed by atoms with E-state index >= 15 is 0 Å². The van der Waals surface area contributed by atoms with E-state index in [0.717, 1.165) is 19.6 Å². The smallest absolute Gasteiger partial charge is 0.341 e. The van der Waals surface area contributed by atoms with Gasteiger partial charge in [-0.3, -0.25) is 4.90 Å². The van der Waals surface area contributed by atoms with Crippen molar-refractivity contribution in [3.63, 3.8) is 0 Å². The molecule has 2 aliphatic heterocycles. The molecule has 3 atom stereocenters. The van der Waals surface area contributed by atoms with Gasteiger partial charge in [-0.1, -0.05) is 60.6 Å². The van der Waals surface area contributed by atoms with E-state index in [9.17, 15) is 4.80 Å². The molecule has 0 aromatic carbocycles. The van der Waals surface area contributed by atoms with Gasteiger partial charge in [0.2, 0.25) is 0 Å². The Morgan fingerprint density at radius 1 is 1.12 bits per heavy atom. The van der Waals surface area contributed by atoms with Gasteiger partial charge in [-0.05, 0) is 35.6 Å². The minimum absolute atomic E-state index is 0.116. The van der Waals surface area contributed by atoms with Gasteiger partial charge < -0.3 is 13.6 Å². The molecule has 152 valence electrons. The molecule has 6 heteroatoms. The van der Waals surface area contributed by atoms with Crippen LogP contribution in [0.2, 0.25) is 29.2 Å². The highest BCUT2D eigenvalue weighted by Crippen LogP contribution is 2.39. The Morgan fingerprint density at radius 2 is 1.69 bits per heavy atom. The Kier molecular flexibility index (Phi) is 6.69. The highest BCUT2D eigenvalue weighted by atomic mass is 28.4. The second-order valence-corrected chi connectivity index (χ2v) is 19.1. The summed E-state index contributed by atoms with van der Waals surface area (Å²) in [7, 11) is -4.44. The summed E-state index contributed by atoms with van der Waals surface area (Å²) < 4.78 is 12.9. The maximum atomic E-state index is 11.2. The fourth-order valence-corrected chi connectivity index (χ4v) is 7.40. The Bertz CT molecular complexity index is 506. The lowest BCUT2D eigenvalue weighted by Crippen LogP contribution is -2.50. The van der Waals surface area contributed by atoms with E-state index in [0.29, 0.717) is 12.1 Å². The summed E-state index contributed by atoms with van der Waals surface area (Å²) in [6.07, 6.45) is 5.69. The lowest BCUT2D eigenvalue weighted by molar-refractivity contribution is 0.102. The van der Waals surface area contributed by atoms with Gasteiger partial charge in [-0.25, -0.2) is 0 Å². The van der Waals surface area contributed by atoms with E-state index in [1.54, 1.807) is 0 Å². The van der Waals surface area contributed by atoms with Crippen LogP contribution < -0.4 is 0 Å². The van der Waals surface area contributed by atoms with E-state index in [1.165, 1.54) is 0 Å². The second kappa shape index (κ2) is 7.80. The Morgan fingerprint density at radius 3 is 2.19 bits per heavy atom. The maximum Gasteiger partial charge on any atom is 0.341 e. The van der Waals surface area contributed by atoms with Crippen molar-refractivity contribution in [1.29, 1.82) is 0 Å². The molecule has 0 aromatic rings. The van der Waals surface area contributed by atoms with Crippen molar-refractivity contribution in [1.82, 2.24) is 4.90 Å². The first-order valence-electron chi connectivity index (χ1n) is 10.3. The van der Waals surface area contributed by atoms with Crippen LogP contribution in [-0.4, -0.2) is 57.9 Å². The van der Waals surface area contributed by atoms with Crippen LogP contribution >= 0.6 is 0 Å². The quantitative estimate of drug-likeness (QED) is 0.499. The average Bonchev–Trinajstić information content (AvgIpc) is 3.06. The molecule has 0 spiro atoms. The predicted molar refractivity (Wildman–Crippen MR) is 114 cm³/mol. The molecular weight excluding hydrogens is 358 g/mol. The second-order valence-electron chi connectivity index (χ2n) is 10.3. The minimum Gasteiger partial charge on any atom is -0.415 e. The summed E-state index contributed by atoms with van der Waals surface area (Å²) in [5, 5.41) is 0.238. The van der Waals surface area contributed by atoms with Crippen molar-refractivity contribution in [2.24, 2.45) is 0 Å². The molecule has 1 saturated heterocycles. The van der Waals surface area contributed by atoms with Crippen LogP contribution in [0.3, 0.4) is 0 Å². The number of nitrogens with zero attached hydrogens (tertiary/aromatic N) is 1. The van der Waals surface area contributed by atoms with Crippen LogP contribution in [0.5, 0.6) is 0 Å². The van der Waals surface area contributed by atoms with Crippen molar-refractivity contribution in [2.45, 2.75) is 102 Å².